The van der Waals surface area contributed by atoms with Crippen LogP contribution in [0.25, 0.3) is 21.7 Å². The van der Waals surface area contributed by atoms with Gasteiger partial charge in [-0.1, -0.05) is 48.5 Å². The number of nitrogens with one attached hydrogen (secondary N) is 2. The number of aromatic amines is 1. The van der Waals surface area contributed by atoms with Crippen molar-refractivity contribution in [3.8, 4) is 5.75 Å². The SMILES string of the molecule is COc1ccc2ccccc2c1CNCCc1c[nH]c2ccccc12.[Cl-]. The maximum atomic E-state index is 5.57. The number of methoxy groups -OCH3 is 1. The number of halogens is 1. The molecule has 0 spiro atoms. The van der Waals surface area contributed by atoms with Crippen molar-refractivity contribution >= 4 is 21.7 Å². The quantitative estimate of drug-likeness (QED) is 0.510. The molecule has 0 atom stereocenters. The predicted octanol–water partition coefficient (Wildman–Crippen LogP) is 1.67. The van der Waals surface area contributed by atoms with E-state index in [9.17, 15) is 0 Å². The lowest BCUT2D eigenvalue weighted by Gasteiger charge is -2.13. The lowest BCUT2D eigenvalue weighted by molar-refractivity contribution is -0.00000526. The molecule has 2 N–H and O–H groups in total. The molecule has 0 unspecified atom stereocenters. The molecule has 3 nitrogen and oxygen atoms in total. The normalized spacial score (nSPS) is 10.8. The summed E-state index contributed by atoms with van der Waals surface area (Å²) in [5.41, 5.74) is 3.78. The number of aromatic nitrogens is 1. The molecule has 1 aromatic heterocycles. The average Bonchev–Trinajstić information content (AvgIpc) is 3.08. The first-order valence-electron chi connectivity index (χ1n) is 8.67. The van der Waals surface area contributed by atoms with E-state index in [0.717, 1.165) is 25.3 Å². The van der Waals surface area contributed by atoms with Gasteiger partial charge in [-0.2, -0.15) is 0 Å². The Morgan fingerprint density at radius 3 is 2.54 bits per heavy atom. The second-order valence-corrected chi connectivity index (χ2v) is 6.25. The summed E-state index contributed by atoms with van der Waals surface area (Å²) in [4.78, 5) is 3.34. The standard InChI is InChI=1S/C22H22N2O.ClH/c1-25-22-11-10-16-6-2-3-7-18(16)20(22)15-23-13-12-17-14-24-21-9-5-4-8-19(17)21;/h2-11,14,23-24H,12-13,15H2,1H3;1H/p-1. The van der Waals surface area contributed by atoms with Crippen molar-refractivity contribution in [1.82, 2.24) is 10.3 Å². The van der Waals surface area contributed by atoms with Crippen LogP contribution in [-0.2, 0) is 13.0 Å². The van der Waals surface area contributed by atoms with Gasteiger partial charge in [0.1, 0.15) is 5.75 Å². The van der Waals surface area contributed by atoms with Gasteiger partial charge in [0.05, 0.1) is 7.11 Å². The van der Waals surface area contributed by atoms with Gasteiger partial charge in [0.15, 0.2) is 0 Å². The molecule has 134 valence electrons. The average molecular weight is 366 g/mol. The summed E-state index contributed by atoms with van der Waals surface area (Å²) < 4.78 is 5.57. The third-order valence-electron chi connectivity index (χ3n) is 4.77. The zero-order valence-electron chi connectivity index (χ0n) is 14.8. The third kappa shape index (κ3) is 3.55. The zero-order chi connectivity index (χ0) is 17.1. The molecule has 0 aliphatic carbocycles. The topological polar surface area (TPSA) is 37.0 Å². The van der Waals surface area contributed by atoms with E-state index >= 15 is 0 Å². The Bertz CT molecular complexity index is 1010. The lowest BCUT2D eigenvalue weighted by Crippen LogP contribution is -3.00. The Hall–Kier alpha value is -2.49. The van der Waals surface area contributed by atoms with Crippen LogP contribution in [0.15, 0.2) is 66.9 Å². The van der Waals surface area contributed by atoms with Gasteiger partial charge in [-0.15, -0.1) is 0 Å². The van der Waals surface area contributed by atoms with Crippen LogP contribution in [0.5, 0.6) is 5.75 Å². The van der Waals surface area contributed by atoms with Crippen molar-refractivity contribution < 1.29 is 17.1 Å². The first-order valence-corrected chi connectivity index (χ1v) is 8.67. The number of H-pyrrole nitrogens is 1. The molecule has 0 radical (unpaired) electrons. The molecule has 4 rings (SSSR count). The van der Waals surface area contributed by atoms with Crippen molar-refractivity contribution in [2.45, 2.75) is 13.0 Å². The van der Waals surface area contributed by atoms with Gasteiger partial charge in [-0.25, -0.2) is 0 Å². The van der Waals surface area contributed by atoms with Gasteiger partial charge in [0.25, 0.3) is 0 Å². The molecule has 0 bridgehead atoms. The van der Waals surface area contributed by atoms with Crippen LogP contribution in [0.3, 0.4) is 0 Å². The summed E-state index contributed by atoms with van der Waals surface area (Å²) >= 11 is 0. The van der Waals surface area contributed by atoms with E-state index < -0.39 is 0 Å². The van der Waals surface area contributed by atoms with Crippen molar-refractivity contribution in [2.75, 3.05) is 13.7 Å². The molecule has 3 aromatic carbocycles. The van der Waals surface area contributed by atoms with Crippen molar-refractivity contribution in [3.63, 3.8) is 0 Å². The number of rotatable bonds is 6. The summed E-state index contributed by atoms with van der Waals surface area (Å²) in [6, 6.07) is 21.1. The van der Waals surface area contributed by atoms with E-state index in [2.05, 4.69) is 77.2 Å². The largest absolute Gasteiger partial charge is 1.00 e. The summed E-state index contributed by atoms with van der Waals surface area (Å²) in [6.07, 6.45) is 3.11. The van der Waals surface area contributed by atoms with E-state index in [1.807, 2.05) is 0 Å². The maximum absolute atomic E-state index is 5.57. The molecule has 0 aliphatic heterocycles. The van der Waals surface area contributed by atoms with Crippen LogP contribution >= 0.6 is 0 Å². The van der Waals surface area contributed by atoms with Crippen molar-refractivity contribution in [1.29, 1.82) is 0 Å². The van der Waals surface area contributed by atoms with Crippen LogP contribution in [0.1, 0.15) is 11.1 Å². The van der Waals surface area contributed by atoms with E-state index in [1.54, 1.807) is 7.11 Å². The molecule has 1 heterocycles. The number of benzene rings is 3. The second-order valence-electron chi connectivity index (χ2n) is 6.25. The molecule has 26 heavy (non-hydrogen) atoms. The van der Waals surface area contributed by atoms with Crippen molar-refractivity contribution in [2.24, 2.45) is 0 Å². The summed E-state index contributed by atoms with van der Waals surface area (Å²) in [7, 11) is 1.74. The van der Waals surface area contributed by atoms with Gasteiger partial charge in [-0.3, -0.25) is 0 Å². The Kier molecular flexibility index (Phi) is 5.82. The fourth-order valence-corrected chi connectivity index (χ4v) is 3.46. The first kappa shape index (κ1) is 18.3. The number of hydrogen-bond donors (Lipinski definition) is 2. The molecule has 0 saturated heterocycles. The summed E-state index contributed by atoms with van der Waals surface area (Å²) in [5.74, 6) is 0.943. The van der Waals surface area contributed by atoms with Gasteiger partial charge in [0, 0.05) is 29.2 Å². The van der Waals surface area contributed by atoms with Gasteiger partial charge < -0.3 is 27.4 Å². The first-order chi connectivity index (χ1) is 12.4. The molecule has 4 aromatic rings. The van der Waals surface area contributed by atoms with Gasteiger partial charge >= 0.3 is 0 Å². The molecule has 0 amide bonds. The van der Waals surface area contributed by atoms with Crippen LogP contribution < -0.4 is 22.5 Å². The Morgan fingerprint density at radius 2 is 1.69 bits per heavy atom. The fourth-order valence-electron chi connectivity index (χ4n) is 3.46. The number of fused-ring (bicyclic) bond motifs is 2. The monoisotopic (exact) mass is 365 g/mol. The Morgan fingerprint density at radius 1 is 0.923 bits per heavy atom. The lowest BCUT2D eigenvalue weighted by atomic mass is 10.0. The Balaban J connectivity index is 0.00000196. The van der Waals surface area contributed by atoms with E-state index in [-0.39, 0.29) is 12.4 Å². The summed E-state index contributed by atoms with van der Waals surface area (Å²) in [6.45, 7) is 1.72. The van der Waals surface area contributed by atoms with Gasteiger partial charge in [-0.05, 0) is 41.4 Å². The maximum Gasteiger partial charge on any atom is 0.123 e. The molecule has 0 fully saturated rings. The minimum atomic E-state index is 0. The minimum Gasteiger partial charge on any atom is -1.00 e. The number of hydrogen-bond acceptors (Lipinski definition) is 2. The molecular formula is C22H22ClN2O-. The molecular weight excluding hydrogens is 344 g/mol. The predicted molar refractivity (Wildman–Crippen MR) is 104 cm³/mol. The zero-order valence-corrected chi connectivity index (χ0v) is 15.5. The molecule has 0 saturated carbocycles. The number of ether oxygens (including phenoxy) is 1. The second kappa shape index (κ2) is 8.26. The van der Waals surface area contributed by atoms with E-state index in [1.165, 1.54) is 32.8 Å². The summed E-state index contributed by atoms with van der Waals surface area (Å²) in [5, 5.41) is 7.39. The van der Waals surface area contributed by atoms with Crippen LogP contribution in [0.4, 0.5) is 0 Å². The highest BCUT2D eigenvalue weighted by atomic mass is 35.5. The molecule has 0 aliphatic rings. The highest BCUT2D eigenvalue weighted by Gasteiger charge is 2.08. The molecule has 4 heteroatoms. The highest BCUT2D eigenvalue weighted by Crippen LogP contribution is 2.27. The fraction of sp³-hybridized carbons (Fsp3) is 0.182. The number of para-hydroxylation sites is 1. The highest BCUT2D eigenvalue weighted by molar-refractivity contribution is 5.87. The van der Waals surface area contributed by atoms with E-state index in [4.69, 9.17) is 4.74 Å². The van der Waals surface area contributed by atoms with Crippen LogP contribution in [-0.4, -0.2) is 18.6 Å². The van der Waals surface area contributed by atoms with E-state index in [0.29, 0.717) is 0 Å². The minimum absolute atomic E-state index is 0. The van der Waals surface area contributed by atoms with Crippen LogP contribution in [0, 0.1) is 0 Å². The van der Waals surface area contributed by atoms with Gasteiger partial charge in [0.2, 0.25) is 0 Å². The third-order valence-corrected chi connectivity index (χ3v) is 4.77. The Labute approximate surface area is 159 Å². The van der Waals surface area contributed by atoms with Crippen molar-refractivity contribution in [3.05, 3.63) is 78.0 Å². The smallest absolute Gasteiger partial charge is 0.123 e. The van der Waals surface area contributed by atoms with Crippen LogP contribution in [0.2, 0.25) is 0 Å².